The van der Waals surface area contributed by atoms with E-state index in [0.717, 1.165) is 37.9 Å². The van der Waals surface area contributed by atoms with E-state index in [1.807, 2.05) is 0 Å². The zero-order chi connectivity index (χ0) is 22.2. The fourth-order valence-corrected chi connectivity index (χ4v) is 9.35. The molecule has 0 radical (unpaired) electrons. The van der Waals surface area contributed by atoms with Gasteiger partial charge >= 0.3 is 5.97 Å². The Morgan fingerprint density at radius 2 is 1.19 bits per heavy atom. The second kappa shape index (κ2) is 10.6. The third kappa shape index (κ3) is 4.49. The molecule has 3 nitrogen and oxygen atoms in total. The van der Waals surface area contributed by atoms with E-state index in [4.69, 9.17) is 9.47 Å². The maximum atomic E-state index is 11.9. The highest BCUT2D eigenvalue weighted by Crippen LogP contribution is 2.65. The lowest BCUT2D eigenvalue weighted by atomic mass is 10.2. The predicted molar refractivity (Wildman–Crippen MR) is 133 cm³/mol. The molecule has 0 bridgehead atoms. The van der Waals surface area contributed by atoms with Gasteiger partial charge in [-0.1, -0.05) is 61.0 Å². The highest BCUT2D eigenvalue weighted by molar-refractivity contribution is 7.99. The van der Waals surface area contributed by atoms with E-state index in [1.165, 1.54) is 28.3 Å². The molecule has 0 heterocycles. The maximum Gasteiger partial charge on any atom is 0.343 e. The van der Waals surface area contributed by atoms with Gasteiger partial charge in [0.25, 0.3) is 0 Å². The minimum Gasteiger partial charge on any atom is -0.482 e. The van der Waals surface area contributed by atoms with Crippen LogP contribution < -0.4 is 15.9 Å². The van der Waals surface area contributed by atoms with Gasteiger partial charge in [0.2, 0.25) is 0 Å². The highest BCUT2D eigenvalue weighted by atomic mass is 31.2. The quantitative estimate of drug-likeness (QED) is 0.364. The number of hydrogen-bond donors (Lipinski definition) is 0. The summed E-state index contributed by atoms with van der Waals surface area (Å²) in [6.07, 6.45) is 5.16. The van der Waals surface area contributed by atoms with Crippen LogP contribution in [0.4, 0.5) is 0 Å². The number of allylic oxidation sites excluding steroid dienone is 2. The molecule has 0 saturated carbocycles. The fraction of sp³-hybridized carbons (Fsp3) is 0.250. The van der Waals surface area contributed by atoms with Crippen LogP contribution in [0, 0.1) is 0 Å². The van der Waals surface area contributed by atoms with Crippen LogP contribution in [0.3, 0.4) is 0 Å². The van der Waals surface area contributed by atoms with Crippen molar-refractivity contribution >= 4 is 29.1 Å². The van der Waals surface area contributed by atoms with Crippen molar-refractivity contribution in [3.63, 3.8) is 0 Å². The molecule has 4 rings (SSSR count). The van der Waals surface area contributed by atoms with Gasteiger partial charge in [0.15, 0.2) is 6.61 Å². The Kier molecular flexibility index (Phi) is 7.39. The van der Waals surface area contributed by atoms with Crippen LogP contribution in [0.5, 0.6) is 0 Å². The minimum atomic E-state index is -2.18. The van der Waals surface area contributed by atoms with Gasteiger partial charge in [0, 0.05) is 12.8 Å². The molecule has 0 fully saturated rings. The predicted octanol–water partition coefficient (Wildman–Crippen LogP) is 5.35. The van der Waals surface area contributed by atoms with Gasteiger partial charge in [-0.15, -0.1) is 0 Å². The Morgan fingerprint density at radius 3 is 1.66 bits per heavy atom. The van der Waals surface area contributed by atoms with E-state index in [9.17, 15) is 4.79 Å². The molecule has 4 heteroatoms. The summed E-state index contributed by atoms with van der Waals surface area (Å²) >= 11 is 0. The minimum absolute atomic E-state index is 0.0479. The van der Waals surface area contributed by atoms with E-state index in [-0.39, 0.29) is 12.6 Å². The van der Waals surface area contributed by atoms with Crippen molar-refractivity contribution in [2.45, 2.75) is 32.1 Å². The summed E-state index contributed by atoms with van der Waals surface area (Å²) < 4.78 is 11.1. The molecule has 0 saturated heterocycles. The maximum absolute atomic E-state index is 11.9. The summed E-state index contributed by atoms with van der Waals surface area (Å²) in [7, 11) is -0.772. The Bertz CT molecular complexity index is 949. The molecule has 32 heavy (non-hydrogen) atoms. The van der Waals surface area contributed by atoms with Gasteiger partial charge in [0.05, 0.1) is 7.11 Å². The first-order chi connectivity index (χ1) is 15.8. The molecule has 0 N–H and O–H groups in total. The largest absolute Gasteiger partial charge is 0.482 e. The average Bonchev–Trinajstić information content (AvgIpc) is 3.11. The number of ether oxygens (including phenoxy) is 2. The topological polar surface area (TPSA) is 35.5 Å². The number of carbonyl (C=O) groups is 1. The van der Waals surface area contributed by atoms with Crippen LogP contribution in [0.25, 0.3) is 0 Å². The highest BCUT2D eigenvalue weighted by Gasteiger charge is 2.51. The molecule has 3 aromatic carbocycles. The standard InChI is InChI=1S/C28H30O3P/c1-30-28(29)22-31-26-20-12-5-13-21-27(26)32(23-14-6-2-7-15-23,24-16-8-3-9-17-24)25-18-10-4-11-19-25/h2-4,6-11,14-19H,5,12-13,20-22H2,1H3/q+1. The first-order valence-electron chi connectivity index (χ1n) is 11.2. The Morgan fingerprint density at radius 1 is 0.719 bits per heavy atom. The molecule has 164 valence electrons. The smallest absolute Gasteiger partial charge is 0.343 e. The van der Waals surface area contributed by atoms with Crippen LogP contribution in [0.2, 0.25) is 0 Å². The van der Waals surface area contributed by atoms with Gasteiger partial charge in [-0.05, 0) is 49.2 Å². The van der Waals surface area contributed by atoms with Gasteiger partial charge in [-0.25, -0.2) is 4.79 Å². The van der Waals surface area contributed by atoms with E-state index in [0.29, 0.717) is 0 Å². The molecule has 0 atom stereocenters. The third-order valence-corrected chi connectivity index (χ3v) is 10.6. The van der Waals surface area contributed by atoms with Crippen LogP contribution in [-0.4, -0.2) is 19.7 Å². The second-order valence-corrected chi connectivity index (χ2v) is 11.4. The van der Waals surface area contributed by atoms with Gasteiger partial charge in [-0.3, -0.25) is 0 Å². The summed E-state index contributed by atoms with van der Waals surface area (Å²) in [6, 6.07) is 32.5. The number of hydrogen-bond acceptors (Lipinski definition) is 3. The number of benzene rings is 3. The number of methoxy groups -OCH3 is 1. The van der Waals surface area contributed by atoms with Gasteiger partial charge in [0.1, 0.15) is 34.2 Å². The molecule has 0 amide bonds. The fourth-order valence-electron chi connectivity index (χ4n) is 4.62. The molecule has 0 aliphatic heterocycles. The lowest BCUT2D eigenvalue weighted by Crippen LogP contribution is -2.33. The summed E-state index contributed by atoms with van der Waals surface area (Å²) in [6.45, 7) is -0.0479. The van der Waals surface area contributed by atoms with E-state index < -0.39 is 7.26 Å². The SMILES string of the molecule is COC(=O)COC1=C([P+](c2ccccc2)(c2ccccc2)c2ccccc2)CCCCC1. The summed E-state index contributed by atoms with van der Waals surface area (Å²) in [5, 5.41) is 5.29. The lowest BCUT2D eigenvalue weighted by molar-refractivity contribution is -0.144. The number of rotatable bonds is 7. The first kappa shape index (κ1) is 22.3. The molecular formula is C28H30O3P+. The third-order valence-electron chi connectivity index (χ3n) is 6.07. The van der Waals surface area contributed by atoms with Crippen molar-refractivity contribution < 1.29 is 14.3 Å². The van der Waals surface area contributed by atoms with Crippen LogP contribution in [0.15, 0.2) is 102 Å². The molecule has 0 spiro atoms. The normalized spacial score (nSPS) is 14.5. The Balaban J connectivity index is 2.03. The summed E-state index contributed by atoms with van der Waals surface area (Å²) in [5.74, 6) is 0.627. The van der Waals surface area contributed by atoms with Crippen LogP contribution in [-0.2, 0) is 14.3 Å². The van der Waals surface area contributed by atoms with Crippen molar-refractivity contribution in [2.24, 2.45) is 0 Å². The summed E-state index contributed by atoms with van der Waals surface area (Å²) in [5.41, 5.74) is 0. The Hall–Kier alpha value is -2.90. The second-order valence-electron chi connectivity index (χ2n) is 7.97. The number of esters is 1. The lowest BCUT2D eigenvalue weighted by Gasteiger charge is -2.30. The summed E-state index contributed by atoms with van der Waals surface area (Å²) in [4.78, 5) is 11.9. The molecule has 0 unspecified atom stereocenters. The van der Waals surface area contributed by atoms with Gasteiger partial charge < -0.3 is 9.47 Å². The zero-order valence-corrected chi connectivity index (χ0v) is 19.5. The van der Waals surface area contributed by atoms with Crippen molar-refractivity contribution in [2.75, 3.05) is 13.7 Å². The van der Waals surface area contributed by atoms with Crippen molar-refractivity contribution in [3.8, 4) is 0 Å². The molecule has 1 aliphatic carbocycles. The Labute approximate surface area is 191 Å². The molecular weight excluding hydrogens is 415 g/mol. The van der Waals surface area contributed by atoms with Crippen LogP contribution in [0.1, 0.15) is 32.1 Å². The number of carbonyl (C=O) groups excluding carboxylic acids is 1. The van der Waals surface area contributed by atoms with Gasteiger partial charge in [-0.2, -0.15) is 0 Å². The molecule has 0 aromatic heterocycles. The molecule has 1 aliphatic rings. The first-order valence-corrected chi connectivity index (χ1v) is 13.0. The van der Waals surface area contributed by atoms with Crippen molar-refractivity contribution in [1.82, 2.24) is 0 Å². The monoisotopic (exact) mass is 445 g/mol. The van der Waals surface area contributed by atoms with E-state index in [1.54, 1.807) is 0 Å². The van der Waals surface area contributed by atoms with E-state index >= 15 is 0 Å². The van der Waals surface area contributed by atoms with Crippen LogP contribution >= 0.6 is 7.26 Å². The molecule has 3 aromatic rings. The van der Waals surface area contributed by atoms with Crippen molar-refractivity contribution in [3.05, 3.63) is 102 Å². The zero-order valence-electron chi connectivity index (χ0n) is 18.6. The average molecular weight is 446 g/mol. The van der Waals surface area contributed by atoms with Crippen molar-refractivity contribution in [1.29, 1.82) is 0 Å². The van der Waals surface area contributed by atoms with E-state index in [2.05, 4.69) is 91.0 Å².